The minimum atomic E-state index is -0.528. The molecule has 0 radical (unpaired) electrons. The number of hydrogen-bond acceptors (Lipinski definition) is 3. The summed E-state index contributed by atoms with van der Waals surface area (Å²) in [7, 11) is 0. The number of nitrogens with one attached hydrogen (secondary N) is 1. The molecule has 30 heavy (non-hydrogen) atoms. The molecule has 0 saturated carbocycles. The van der Waals surface area contributed by atoms with Crippen LogP contribution in [0.5, 0.6) is 5.75 Å². The Hall–Kier alpha value is -3.86. The third-order valence-corrected chi connectivity index (χ3v) is 4.57. The minimum absolute atomic E-state index is 0.0754. The van der Waals surface area contributed by atoms with Gasteiger partial charge in [0.25, 0.3) is 5.91 Å². The van der Waals surface area contributed by atoms with Crippen molar-refractivity contribution in [3.05, 3.63) is 108 Å². The van der Waals surface area contributed by atoms with Gasteiger partial charge in [-0.3, -0.25) is 9.59 Å². The monoisotopic (exact) mass is 400 g/mol. The van der Waals surface area contributed by atoms with E-state index in [0.717, 1.165) is 16.7 Å². The molecule has 0 saturated heterocycles. The number of primary amides is 1. The predicted octanol–water partition coefficient (Wildman–Crippen LogP) is 3.51. The van der Waals surface area contributed by atoms with Gasteiger partial charge in [0.1, 0.15) is 5.75 Å². The van der Waals surface area contributed by atoms with E-state index in [1.807, 2.05) is 36.4 Å². The molecule has 0 heterocycles. The largest absolute Gasteiger partial charge is 0.484 e. The Kier molecular flexibility index (Phi) is 7.39. The quantitative estimate of drug-likeness (QED) is 0.539. The number of ether oxygens (including phenoxy) is 1. The molecule has 0 fully saturated rings. The Morgan fingerprint density at radius 2 is 1.43 bits per heavy atom. The fourth-order valence-electron chi connectivity index (χ4n) is 3.06. The molecule has 0 atom stereocenters. The minimum Gasteiger partial charge on any atom is -0.484 e. The van der Waals surface area contributed by atoms with Crippen molar-refractivity contribution < 1.29 is 14.3 Å². The van der Waals surface area contributed by atoms with E-state index in [1.165, 1.54) is 6.08 Å². The lowest BCUT2D eigenvalue weighted by atomic mass is 9.91. The molecule has 0 aliphatic heterocycles. The van der Waals surface area contributed by atoms with Crippen LogP contribution >= 0.6 is 0 Å². The van der Waals surface area contributed by atoms with Gasteiger partial charge in [-0.1, -0.05) is 72.8 Å². The molecular formula is C25H24N2O3. The third-order valence-electron chi connectivity index (χ3n) is 4.57. The van der Waals surface area contributed by atoms with Crippen molar-refractivity contribution in [3.8, 4) is 5.75 Å². The second-order valence-electron chi connectivity index (χ2n) is 6.78. The van der Waals surface area contributed by atoms with Gasteiger partial charge < -0.3 is 15.8 Å². The zero-order chi connectivity index (χ0) is 21.2. The molecule has 0 aliphatic carbocycles. The molecule has 0 aromatic heterocycles. The summed E-state index contributed by atoms with van der Waals surface area (Å²) >= 11 is 0. The molecular weight excluding hydrogens is 376 g/mol. The molecule has 0 unspecified atom stereocenters. The van der Waals surface area contributed by atoms with Crippen LogP contribution in [0, 0.1) is 0 Å². The van der Waals surface area contributed by atoms with Crippen molar-refractivity contribution in [2.75, 3.05) is 13.2 Å². The van der Waals surface area contributed by atoms with Crippen molar-refractivity contribution in [2.45, 2.75) is 5.92 Å². The SMILES string of the molecule is NC(=O)COc1ccc(/C=C/C(=O)NCC(c2ccccc2)c2ccccc2)cc1. The van der Waals surface area contributed by atoms with E-state index in [9.17, 15) is 9.59 Å². The van der Waals surface area contributed by atoms with Crippen LogP contribution in [0.15, 0.2) is 91.0 Å². The number of hydrogen-bond donors (Lipinski definition) is 2. The van der Waals surface area contributed by atoms with Crippen molar-refractivity contribution in [2.24, 2.45) is 5.73 Å². The van der Waals surface area contributed by atoms with Crippen LogP contribution in [0.1, 0.15) is 22.6 Å². The Labute approximate surface area is 176 Å². The van der Waals surface area contributed by atoms with Crippen LogP contribution in [0.2, 0.25) is 0 Å². The normalized spacial score (nSPS) is 10.8. The highest BCUT2D eigenvalue weighted by molar-refractivity contribution is 5.91. The van der Waals surface area contributed by atoms with E-state index in [-0.39, 0.29) is 18.4 Å². The number of carbonyl (C=O) groups is 2. The second kappa shape index (κ2) is 10.6. The highest BCUT2D eigenvalue weighted by Crippen LogP contribution is 2.23. The zero-order valence-corrected chi connectivity index (χ0v) is 16.5. The van der Waals surface area contributed by atoms with Gasteiger partial charge in [-0.25, -0.2) is 0 Å². The number of benzene rings is 3. The molecule has 0 aliphatic rings. The zero-order valence-electron chi connectivity index (χ0n) is 16.5. The summed E-state index contributed by atoms with van der Waals surface area (Å²) in [5.74, 6) is -0.0729. The van der Waals surface area contributed by atoms with E-state index in [1.54, 1.807) is 30.3 Å². The molecule has 5 heteroatoms. The number of carbonyl (C=O) groups excluding carboxylic acids is 2. The summed E-state index contributed by atoms with van der Waals surface area (Å²) in [6.45, 7) is 0.332. The smallest absolute Gasteiger partial charge is 0.255 e. The maximum Gasteiger partial charge on any atom is 0.255 e. The molecule has 3 aromatic carbocycles. The second-order valence-corrected chi connectivity index (χ2v) is 6.78. The first-order valence-electron chi connectivity index (χ1n) is 9.69. The fourth-order valence-corrected chi connectivity index (χ4v) is 3.06. The van der Waals surface area contributed by atoms with E-state index in [2.05, 4.69) is 29.6 Å². The predicted molar refractivity (Wildman–Crippen MR) is 118 cm³/mol. The summed E-state index contributed by atoms with van der Waals surface area (Å²) in [5, 5.41) is 2.99. The van der Waals surface area contributed by atoms with Crippen molar-refractivity contribution in [1.29, 1.82) is 0 Å². The summed E-state index contributed by atoms with van der Waals surface area (Å²) in [4.78, 5) is 23.1. The molecule has 2 amide bonds. The average molecular weight is 400 g/mol. The first kappa shape index (κ1) is 20.9. The molecule has 3 rings (SSSR count). The summed E-state index contributed by atoms with van der Waals surface area (Å²) in [6, 6.07) is 27.3. The lowest BCUT2D eigenvalue weighted by Gasteiger charge is -2.18. The van der Waals surface area contributed by atoms with Crippen molar-refractivity contribution in [1.82, 2.24) is 5.32 Å². The Morgan fingerprint density at radius 1 is 0.867 bits per heavy atom. The first-order valence-corrected chi connectivity index (χ1v) is 9.69. The molecule has 0 spiro atoms. The Morgan fingerprint density at radius 3 is 1.97 bits per heavy atom. The maximum atomic E-state index is 12.4. The highest BCUT2D eigenvalue weighted by atomic mass is 16.5. The summed E-state index contributed by atoms with van der Waals surface area (Å²) in [6.07, 6.45) is 3.24. The molecule has 152 valence electrons. The van der Waals surface area contributed by atoms with Crippen LogP contribution in [0.4, 0.5) is 0 Å². The highest BCUT2D eigenvalue weighted by Gasteiger charge is 2.14. The summed E-state index contributed by atoms with van der Waals surface area (Å²) < 4.78 is 5.22. The lowest BCUT2D eigenvalue weighted by Crippen LogP contribution is -2.27. The topological polar surface area (TPSA) is 81.4 Å². The molecule has 3 aromatic rings. The van der Waals surface area contributed by atoms with E-state index in [0.29, 0.717) is 12.3 Å². The van der Waals surface area contributed by atoms with E-state index >= 15 is 0 Å². The molecule has 5 nitrogen and oxygen atoms in total. The Bertz CT molecular complexity index is 944. The van der Waals surface area contributed by atoms with Gasteiger partial charge in [0, 0.05) is 18.5 Å². The van der Waals surface area contributed by atoms with Gasteiger partial charge in [-0.05, 0) is 34.9 Å². The van der Waals surface area contributed by atoms with Gasteiger partial charge in [0.05, 0.1) is 0 Å². The first-order chi connectivity index (χ1) is 14.6. The number of nitrogens with two attached hydrogens (primary N) is 1. The van der Waals surface area contributed by atoms with Crippen LogP contribution in [0.3, 0.4) is 0 Å². The number of amides is 2. The summed E-state index contributed by atoms with van der Waals surface area (Å²) in [5.41, 5.74) is 8.21. The Balaban J connectivity index is 1.60. The average Bonchev–Trinajstić information content (AvgIpc) is 2.78. The van der Waals surface area contributed by atoms with Gasteiger partial charge >= 0.3 is 0 Å². The maximum absolute atomic E-state index is 12.4. The van der Waals surface area contributed by atoms with Crippen LogP contribution < -0.4 is 15.8 Å². The van der Waals surface area contributed by atoms with E-state index in [4.69, 9.17) is 10.5 Å². The fraction of sp³-hybridized carbons (Fsp3) is 0.120. The van der Waals surface area contributed by atoms with Gasteiger partial charge in [0.2, 0.25) is 5.91 Å². The van der Waals surface area contributed by atoms with Crippen LogP contribution in [-0.4, -0.2) is 25.0 Å². The number of rotatable bonds is 9. The van der Waals surface area contributed by atoms with Gasteiger partial charge in [-0.15, -0.1) is 0 Å². The van der Waals surface area contributed by atoms with E-state index < -0.39 is 5.91 Å². The molecule has 0 bridgehead atoms. The van der Waals surface area contributed by atoms with Crippen molar-refractivity contribution in [3.63, 3.8) is 0 Å². The standard InChI is InChI=1S/C25H24N2O3/c26-24(28)18-30-22-14-11-19(12-15-22)13-16-25(29)27-17-23(20-7-3-1-4-8-20)21-9-5-2-6-10-21/h1-16,23H,17-18H2,(H2,26,28)(H,27,29)/b16-13+. The molecule has 3 N–H and O–H groups in total. The van der Waals surface area contributed by atoms with Crippen LogP contribution in [0.25, 0.3) is 6.08 Å². The van der Waals surface area contributed by atoms with Gasteiger partial charge in [0.15, 0.2) is 6.61 Å². The van der Waals surface area contributed by atoms with Crippen LogP contribution in [-0.2, 0) is 9.59 Å². The lowest BCUT2D eigenvalue weighted by molar-refractivity contribution is -0.120. The third kappa shape index (κ3) is 6.34. The van der Waals surface area contributed by atoms with Gasteiger partial charge in [-0.2, -0.15) is 0 Å². The van der Waals surface area contributed by atoms with Crippen molar-refractivity contribution >= 4 is 17.9 Å².